The smallest absolute Gasteiger partial charge is 0.264 e. The van der Waals surface area contributed by atoms with Gasteiger partial charge in [0.15, 0.2) is 0 Å². The highest BCUT2D eigenvalue weighted by molar-refractivity contribution is 7.80. The summed E-state index contributed by atoms with van der Waals surface area (Å²) >= 11 is 0. The van der Waals surface area contributed by atoms with E-state index in [1.807, 2.05) is 0 Å². The summed E-state index contributed by atoms with van der Waals surface area (Å²) in [5.41, 5.74) is 0. The van der Waals surface area contributed by atoms with Crippen molar-refractivity contribution in [2.45, 2.75) is 41.7 Å². The molecule has 0 saturated heterocycles. The van der Waals surface area contributed by atoms with Crippen LogP contribution >= 0.6 is 0 Å². The lowest BCUT2D eigenvalue weighted by Gasteiger charge is -2.41. The maximum Gasteiger partial charge on any atom is 0.460 e. The summed E-state index contributed by atoms with van der Waals surface area (Å²) < 4.78 is 220. The van der Waals surface area contributed by atoms with Gasteiger partial charge >= 0.3 is 52.1 Å². The molecule has 0 heterocycles. The molecule has 0 rings (SSSR count). The molecule has 28 heavy (non-hydrogen) atoms. The number of hydrogen-bond acceptors (Lipinski definition) is 3. The van der Waals surface area contributed by atoms with Crippen LogP contribution < -0.4 is 0 Å². The summed E-state index contributed by atoms with van der Waals surface area (Å²) in [6.45, 7) is -3.62. The Morgan fingerprint density at radius 3 is 1.14 bits per heavy atom. The molecule has 0 aliphatic carbocycles. The molecule has 0 bridgehead atoms. The Balaban J connectivity index is 6.39. The Bertz CT molecular complexity index is 679. The third-order valence-electron chi connectivity index (χ3n) is 2.78. The molecule has 0 amide bonds. The summed E-state index contributed by atoms with van der Waals surface area (Å²) in [7, 11) is -6.13. The van der Waals surface area contributed by atoms with E-state index in [0.717, 1.165) is 0 Å². The lowest BCUT2D eigenvalue weighted by atomic mass is 9.91. The molecule has 20 heteroatoms. The third-order valence-corrected chi connectivity index (χ3v) is 3.20. The molecule has 0 aromatic rings. The fourth-order valence-electron chi connectivity index (χ4n) is 1.24. The molecule has 0 spiro atoms. The molecule has 0 atom stereocenters. The Labute approximate surface area is 143 Å². The van der Waals surface area contributed by atoms with Crippen molar-refractivity contribution in [3.8, 4) is 0 Å². The van der Waals surface area contributed by atoms with Gasteiger partial charge in [-0.05, 0) is 0 Å². The van der Waals surface area contributed by atoms with Gasteiger partial charge in [-0.2, -0.15) is 74.3 Å². The van der Waals surface area contributed by atoms with Gasteiger partial charge in [-0.25, -0.2) is 4.18 Å². The fraction of sp³-hybridized carbons (Fsp3) is 1.00. The van der Waals surface area contributed by atoms with Crippen LogP contribution in [0, 0.1) is 0 Å². The van der Waals surface area contributed by atoms with Gasteiger partial charge in [0.2, 0.25) is 0 Å². The van der Waals surface area contributed by atoms with E-state index in [4.69, 9.17) is 4.55 Å². The Morgan fingerprint density at radius 2 is 0.857 bits per heavy atom. The monoisotopic (exact) mass is 480 g/mol. The van der Waals surface area contributed by atoms with Crippen LogP contribution in [0.4, 0.5) is 65.9 Å². The van der Waals surface area contributed by atoms with Gasteiger partial charge in [0, 0.05) is 0 Å². The molecule has 0 radical (unpaired) electrons. The molecule has 0 aromatic carbocycles. The first-order valence-corrected chi connectivity index (χ1v) is 7.02. The van der Waals surface area contributed by atoms with Gasteiger partial charge in [-0.3, -0.25) is 4.55 Å². The average Bonchev–Trinajstić information content (AvgIpc) is 2.42. The van der Waals surface area contributed by atoms with Crippen molar-refractivity contribution in [1.82, 2.24) is 0 Å². The molecular weight excluding hydrogens is 477 g/mol. The predicted molar refractivity (Wildman–Crippen MR) is 53.2 cm³/mol. The van der Waals surface area contributed by atoms with Gasteiger partial charge in [0.1, 0.15) is 6.61 Å². The lowest BCUT2D eigenvalue weighted by Crippen LogP contribution is -2.73. The van der Waals surface area contributed by atoms with Crippen LogP contribution in [-0.4, -0.2) is 61.3 Å². The first-order chi connectivity index (χ1) is 11.7. The van der Waals surface area contributed by atoms with E-state index < -0.39 is 58.7 Å². The Kier molecular flexibility index (Phi) is 6.39. The number of hydrogen-bond donors (Lipinski definition) is 1. The maximum atomic E-state index is 13.1. The number of alkyl halides is 15. The predicted octanol–water partition coefficient (Wildman–Crippen LogP) is 4.18. The minimum atomic E-state index is -8.48. The highest BCUT2D eigenvalue weighted by Crippen LogP contribution is 2.62. The van der Waals surface area contributed by atoms with Crippen molar-refractivity contribution in [1.29, 1.82) is 0 Å². The SMILES string of the molecule is O=S(=O)(O)OCC(F)(F)C(F)(F)C(F)(F)C(F)(F)C(F)(F)C(F)(F)C(F)(F)F. The first kappa shape index (κ1) is 26.8. The quantitative estimate of drug-likeness (QED) is 0.419. The molecular formula is C8H3F15O4S. The van der Waals surface area contributed by atoms with Crippen LogP contribution in [-0.2, 0) is 14.6 Å². The molecule has 0 aliphatic rings. The minimum Gasteiger partial charge on any atom is -0.264 e. The van der Waals surface area contributed by atoms with Crippen molar-refractivity contribution in [3.05, 3.63) is 0 Å². The average molecular weight is 480 g/mol. The highest BCUT2D eigenvalue weighted by atomic mass is 32.3. The zero-order valence-corrected chi connectivity index (χ0v) is 12.8. The Morgan fingerprint density at radius 1 is 0.571 bits per heavy atom. The van der Waals surface area contributed by atoms with Gasteiger partial charge in [-0.1, -0.05) is 0 Å². The standard InChI is InChI=1S/C8H3F15O4S/c9-2(10,1-27-28(24,25)26)3(11,12)4(13,14)5(15,16)6(17,18)7(19,20)8(21,22)23/h1H2,(H,24,25,26). The summed E-state index contributed by atoms with van der Waals surface area (Å²) in [6.07, 6.45) is -7.72. The van der Waals surface area contributed by atoms with Gasteiger partial charge in [0.25, 0.3) is 0 Å². The molecule has 0 fully saturated rings. The largest absolute Gasteiger partial charge is 0.460 e. The molecule has 1 N–H and O–H groups in total. The zero-order chi connectivity index (χ0) is 23.4. The van der Waals surface area contributed by atoms with E-state index >= 15 is 0 Å². The van der Waals surface area contributed by atoms with E-state index in [2.05, 4.69) is 4.18 Å². The van der Waals surface area contributed by atoms with E-state index in [9.17, 15) is 74.3 Å². The molecule has 170 valence electrons. The fourth-order valence-corrected chi connectivity index (χ4v) is 1.54. The summed E-state index contributed by atoms with van der Waals surface area (Å²) in [4.78, 5) is 0. The van der Waals surface area contributed by atoms with Gasteiger partial charge in [0.05, 0.1) is 0 Å². The maximum absolute atomic E-state index is 13.1. The number of halogens is 15. The molecule has 0 aliphatic heterocycles. The lowest BCUT2D eigenvalue weighted by molar-refractivity contribution is -0.453. The second-order valence-electron chi connectivity index (χ2n) is 4.76. The summed E-state index contributed by atoms with van der Waals surface area (Å²) in [5, 5.41) is 0. The van der Waals surface area contributed by atoms with Crippen LogP contribution in [0.1, 0.15) is 0 Å². The normalized spacial score (nSPS) is 16.4. The van der Waals surface area contributed by atoms with Crippen LogP contribution in [0.15, 0.2) is 0 Å². The molecule has 0 unspecified atom stereocenters. The van der Waals surface area contributed by atoms with E-state index in [0.29, 0.717) is 0 Å². The van der Waals surface area contributed by atoms with Crippen molar-refractivity contribution >= 4 is 10.4 Å². The van der Waals surface area contributed by atoms with E-state index in [1.54, 1.807) is 0 Å². The van der Waals surface area contributed by atoms with Crippen LogP contribution in [0.3, 0.4) is 0 Å². The number of rotatable bonds is 8. The topological polar surface area (TPSA) is 63.6 Å². The third kappa shape index (κ3) is 3.94. The van der Waals surface area contributed by atoms with Crippen LogP contribution in [0.25, 0.3) is 0 Å². The van der Waals surface area contributed by atoms with Crippen molar-refractivity contribution in [2.75, 3.05) is 6.61 Å². The van der Waals surface area contributed by atoms with Crippen molar-refractivity contribution < 1.29 is 83.0 Å². The summed E-state index contributed by atoms with van der Waals surface area (Å²) in [5.74, 6) is -48.2. The van der Waals surface area contributed by atoms with E-state index in [-0.39, 0.29) is 0 Å². The van der Waals surface area contributed by atoms with Crippen molar-refractivity contribution in [3.63, 3.8) is 0 Å². The van der Waals surface area contributed by atoms with Gasteiger partial charge in [-0.15, -0.1) is 0 Å². The Hall–Kier alpha value is -1.18. The zero-order valence-electron chi connectivity index (χ0n) is 12.0. The van der Waals surface area contributed by atoms with Gasteiger partial charge < -0.3 is 0 Å². The first-order valence-electron chi connectivity index (χ1n) is 5.66. The summed E-state index contributed by atoms with van der Waals surface area (Å²) in [6, 6.07) is 0. The molecule has 0 aromatic heterocycles. The highest BCUT2D eigenvalue weighted by Gasteiger charge is 2.93. The van der Waals surface area contributed by atoms with Crippen LogP contribution in [0.2, 0.25) is 0 Å². The van der Waals surface area contributed by atoms with Crippen molar-refractivity contribution in [2.24, 2.45) is 0 Å². The molecule has 0 saturated carbocycles. The second kappa shape index (κ2) is 6.67. The minimum absolute atomic E-state index is 2.50. The molecule has 4 nitrogen and oxygen atoms in total. The second-order valence-corrected chi connectivity index (χ2v) is 5.86. The van der Waals surface area contributed by atoms with Crippen LogP contribution in [0.5, 0.6) is 0 Å². The van der Waals surface area contributed by atoms with E-state index in [1.165, 1.54) is 0 Å².